The molecule has 0 bridgehead atoms. The Morgan fingerprint density at radius 1 is 0.714 bits per heavy atom. The molecular formula is C4H16O6P2S2. The lowest BCUT2D eigenvalue weighted by Gasteiger charge is -1.88. The van der Waals surface area contributed by atoms with Crippen molar-refractivity contribution in [3.63, 3.8) is 0 Å². The lowest BCUT2D eigenvalue weighted by Crippen LogP contribution is -1.66. The molecule has 0 atom stereocenters. The molecule has 6 nitrogen and oxygen atoms in total. The van der Waals surface area contributed by atoms with Crippen molar-refractivity contribution in [3.8, 4) is 0 Å². The first kappa shape index (κ1) is 20.5. The number of rotatable bonds is 0. The van der Waals surface area contributed by atoms with Crippen LogP contribution in [0, 0.1) is 5.92 Å². The van der Waals surface area contributed by atoms with Crippen LogP contribution in [0.4, 0.5) is 0 Å². The van der Waals surface area contributed by atoms with Crippen LogP contribution in [0.15, 0.2) is 0 Å². The smallest absolute Gasteiger partial charge is 0.319 e. The Balaban J connectivity index is -0.000000131. The highest BCUT2D eigenvalue weighted by atomic mass is 32.5. The predicted octanol–water partition coefficient (Wildman–Crippen LogP) is 0.0379. The third-order valence-corrected chi connectivity index (χ3v) is 0. The zero-order valence-electron chi connectivity index (χ0n) is 7.97. The van der Waals surface area contributed by atoms with Crippen molar-refractivity contribution in [2.45, 2.75) is 20.8 Å². The molecule has 0 aliphatic heterocycles. The standard InChI is InChI=1S/C4H10.2H3O3PS/c1-4(2)3;2*1-4(2,3)5/h4H,1-3H3;2*(H3,1,2,3,5). The molecule has 6 N–H and O–H groups in total. The molecule has 0 rings (SSSR count). The van der Waals surface area contributed by atoms with E-state index in [9.17, 15) is 0 Å². The first-order chi connectivity index (χ1) is 5.73. The molecule has 0 fully saturated rings. The van der Waals surface area contributed by atoms with E-state index in [4.69, 9.17) is 29.4 Å². The van der Waals surface area contributed by atoms with Gasteiger partial charge in [0.15, 0.2) is 0 Å². The second-order valence-electron chi connectivity index (χ2n) is 2.76. The second kappa shape index (κ2) is 9.30. The quantitative estimate of drug-likeness (QED) is 0.345. The topological polar surface area (TPSA) is 121 Å². The van der Waals surface area contributed by atoms with E-state index in [-0.39, 0.29) is 0 Å². The highest BCUT2D eigenvalue weighted by molar-refractivity contribution is 8.06. The van der Waals surface area contributed by atoms with Gasteiger partial charge in [0.1, 0.15) is 0 Å². The van der Waals surface area contributed by atoms with Crippen LogP contribution in [-0.2, 0) is 23.6 Å². The van der Waals surface area contributed by atoms with Crippen molar-refractivity contribution >= 4 is 37.1 Å². The molecule has 0 aliphatic rings. The van der Waals surface area contributed by atoms with E-state index in [2.05, 4.69) is 44.4 Å². The summed E-state index contributed by atoms with van der Waals surface area (Å²) in [4.78, 5) is 45.3. The van der Waals surface area contributed by atoms with Crippen LogP contribution >= 0.6 is 13.4 Å². The first-order valence-corrected chi connectivity index (χ1v) is 8.62. The zero-order chi connectivity index (χ0) is 12.6. The number of hydrogen-bond donors (Lipinski definition) is 6. The monoisotopic (exact) mass is 286 g/mol. The molecule has 0 aliphatic carbocycles. The molecule has 0 saturated heterocycles. The van der Waals surface area contributed by atoms with Crippen molar-refractivity contribution < 1.29 is 29.4 Å². The van der Waals surface area contributed by atoms with E-state index in [1.807, 2.05) is 0 Å². The fraction of sp³-hybridized carbons (Fsp3) is 1.00. The third-order valence-electron chi connectivity index (χ3n) is 0. The maximum atomic E-state index is 7.56. The summed E-state index contributed by atoms with van der Waals surface area (Å²) in [6, 6.07) is 0. The minimum atomic E-state index is -3.81. The van der Waals surface area contributed by atoms with Crippen LogP contribution in [0.1, 0.15) is 20.8 Å². The molecule has 0 aromatic heterocycles. The van der Waals surface area contributed by atoms with E-state index >= 15 is 0 Å². The molecule has 0 aromatic carbocycles. The fourth-order valence-electron chi connectivity index (χ4n) is 0. The molecule has 0 saturated carbocycles. The van der Waals surface area contributed by atoms with Crippen molar-refractivity contribution in [2.24, 2.45) is 5.92 Å². The minimum absolute atomic E-state index is 0.833. The summed E-state index contributed by atoms with van der Waals surface area (Å²) in [7, 11) is 0. The van der Waals surface area contributed by atoms with Gasteiger partial charge in [0.25, 0.3) is 0 Å². The molecular weight excluding hydrogens is 270 g/mol. The van der Waals surface area contributed by atoms with Crippen LogP contribution in [-0.4, -0.2) is 29.4 Å². The lowest BCUT2D eigenvalue weighted by molar-refractivity contribution is 0.361. The minimum Gasteiger partial charge on any atom is -0.325 e. The Morgan fingerprint density at radius 2 is 0.714 bits per heavy atom. The van der Waals surface area contributed by atoms with Crippen LogP contribution in [0.25, 0.3) is 0 Å². The van der Waals surface area contributed by atoms with Gasteiger partial charge in [0, 0.05) is 0 Å². The molecule has 0 heterocycles. The maximum absolute atomic E-state index is 7.56. The van der Waals surface area contributed by atoms with Gasteiger partial charge in [-0.2, -0.15) is 0 Å². The second-order valence-corrected chi connectivity index (χ2v) is 7.75. The Hall–Kier alpha value is 1.06. The van der Waals surface area contributed by atoms with Gasteiger partial charge < -0.3 is 29.4 Å². The summed E-state index contributed by atoms with van der Waals surface area (Å²) in [5.74, 6) is 0.833. The Morgan fingerprint density at radius 3 is 0.714 bits per heavy atom. The van der Waals surface area contributed by atoms with Gasteiger partial charge in [-0.15, -0.1) is 0 Å². The summed E-state index contributed by atoms with van der Waals surface area (Å²) in [6.45, 7) is -1.11. The van der Waals surface area contributed by atoms with E-state index in [1.165, 1.54) is 0 Å². The number of hydrogen-bond acceptors (Lipinski definition) is 2. The van der Waals surface area contributed by atoms with Crippen molar-refractivity contribution in [1.29, 1.82) is 0 Å². The van der Waals surface area contributed by atoms with Gasteiger partial charge in [0.2, 0.25) is 0 Å². The van der Waals surface area contributed by atoms with E-state index < -0.39 is 13.4 Å². The largest absolute Gasteiger partial charge is 0.325 e. The van der Waals surface area contributed by atoms with Gasteiger partial charge in [0.05, 0.1) is 0 Å². The van der Waals surface area contributed by atoms with Crippen molar-refractivity contribution in [2.75, 3.05) is 0 Å². The molecule has 10 heteroatoms. The SMILES string of the molecule is CC(C)C.OP(O)(O)=S.OP(O)(O)=S. The predicted molar refractivity (Wildman–Crippen MR) is 62.4 cm³/mol. The summed E-state index contributed by atoms with van der Waals surface area (Å²) in [5.41, 5.74) is 0. The average molecular weight is 286 g/mol. The van der Waals surface area contributed by atoms with Gasteiger partial charge >= 0.3 is 13.4 Å². The average Bonchev–Trinajstić information content (AvgIpc) is 1.45. The Bertz CT molecular complexity index is 169. The van der Waals surface area contributed by atoms with Crippen LogP contribution in [0.3, 0.4) is 0 Å². The van der Waals surface area contributed by atoms with Crippen molar-refractivity contribution in [3.05, 3.63) is 0 Å². The van der Waals surface area contributed by atoms with Crippen LogP contribution in [0.2, 0.25) is 0 Å². The first-order valence-electron chi connectivity index (χ1n) is 3.30. The van der Waals surface area contributed by atoms with Crippen LogP contribution in [0.5, 0.6) is 0 Å². The van der Waals surface area contributed by atoms with Gasteiger partial charge in [-0.3, -0.25) is 0 Å². The molecule has 0 spiro atoms. The fourth-order valence-corrected chi connectivity index (χ4v) is 0. The highest BCUT2D eigenvalue weighted by Gasteiger charge is 1.92. The van der Waals surface area contributed by atoms with Gasteiger partial charge in [-0.1, -0.05) is 20.8 Å². The molecule has 0 unspecified atom stereocenters. The van der Waals surface area contributed by atoms with Gasteiger partial charge in [-0.25, -0.2) is 0 Å². The Labute approximate surface area is 93.4 Å². The molecule has 0 aromatic rings. The lowest BCUT2D eigenvalue weighted by atomic mass is 10.3. The Kier molecular flexibility index (Phi) is 13.6. The van der Waals surface area contributed by atoms with E-state index in [0.29, 0.717) is 0 Å². The zero-order valence-corrected chi connectivity index (χ0v) is 11.4. The normalized spacial score (nSPS) is 11.0. The highest BCUT2D eigenvalue weighted by Crippen LogP contribution is 2.26. The van der Waals surface area contributed by atoms with Gasteiger partial charge in [-0.05, 0) is 29.5 Å². The molecule has 0 amide bonds. The van der Waals surface area contributed by atoms with E-state index in [0.717, 1.165) is 5.92 Å². The molecule has 14 heavy (non-hydrogen) atoms. The molecule has 0 radical (unpaired) electrons. The summed E-state index contributed by atoms with van der Waals surface area (Å²) < 4.78 is 0. The molecule has 90 valence electrons. The van der Waals surface area contributed by atoms with E-state index in [1.54, 1.807) is 0 Å². The summed E-state index contributed by atoms with van der Waals surface area (Å²) >= 11 is 7.21. The summed E-state index contributed by atoms with van der Waals surface area (Å²) in [6.07, 6.45) is 0. The summed E-state index contributed by atoms with van der Waals surface area (Å²) in [5, 5.41) is 0. The van der Waals surface area contributed by atoms with Crippen LogP contribution < -0.4 is 0 Å². The maximum Gasteiger partial charge on any atom is 0.319 e. The van der Waals surface area contributed by atoms with Crippen molar-refractivity contribution in [1.82, 2.24) is 0 Å². The third kappa shape index (κ3) is 1690.